The molecule has 1 saturated carbocycles. The third-order valence-corrected chi connectivity index (χ3v) is 14.8. The molecule has 12 rings (SSSR count). The number of fused-ring (bicyclic) bond motifs is 13. The normalized spacial score (nSPS) is 15.7. The highest BCUT2D eigenvalue weighted by Crippen LogP contribution is 2.58. The highest BCUT2D eigenvalue weighted by atomic mass is 32.1. The zero-order chi connectivity index (χ0) is 37.2. The Hall–Kier alpha value is -5.96. The van der Waals surface area contributed by atoms with Crippen LogP contribution in [0.3, 0.4) is 0 Å². The van der Waals surface area contributed by atoms with Gasteiger partial charge in [-0.1, -0.05) is 154 Å². The first-order valence-corrected chi connectivity index (χ1v) is 21.0. The van der Waals surface area contributed by atoms with Gasteiger partial charge in [-0.2, -0.15) is 0 Å². The van der Waals surface area contributed by atoms with E-state index in [1.54, 1.807) is 0 Å². The van der Waals surface area contributed by atoms with Gasteiger partial charge in [-0.3, -0.25) is 0 Å². The lowest BCUT2D eigenvalue weighted by Gasteiger charge is -2.30. The van der Waals surface area contributed by atoms with Gasteiger partial charge in [0.2, 0.25) is 0 Å². The molecule has 8 aromatic carbocycles. The molecule has 0 bridgehead atoms. The second-order valence-electron chi connectivity index (χ2n) is 16.8. The van der Waals surface area contributed by atoms with Gasteiger partial charge < -0.3 is 4.90 Å². The maximum Gasteiger partial charge on any atom is 0.0554 e. The Bertz CT molecular complexity index is 3060. The van der Waals surface area contributed by atoms with Crippen LogP contribution < -0.4 is 4.90 Å². The predicted octanol–water partition coefficient (Wildman–Crippen LogP) is 15.5. The lowest BCUT2D eigenvalue weighted by molar-refractivity contribution is 0.550. The predicted molar refractivity (Wildman–Crippen MR) is 239 cm³/mol. The Kier molecular flexibility index (Phi) is 6.79. The number of benzene rings is 8. The van der Waals surface area contributed by atoms with E-state index in [-0.39, 0.29) is 10.8 Å². The van der Waals surface area contributed by atoms with Crippen LogP contribution in [0.25, 0.3) is 64.3 Å². The summed E-state index contributed by atoms with van der Waals surface area (Å²) in [5.41, 5.74) is 17.6. The minimum absolute atomic E-state index is 0.0781. The molecule has 1 heterocycles. The van der Waals surface area contributed by atoms with Gasteiger partial charge in [0, 0.05) is 42.4 Å². The van der Waals surface area contributed by atoms with Crippen molar-refractivity contribution in [2.45, 2.75) is 50.4 Å². The average molecular weight is 736 g/mol. The van der Waals surface area contributed by atoms with Crippen LogP contribution in [0.15, 0.2) is 164 Å². The van der Waals surface area contributed by atoms with E-state index in [4.69, 9.17) is 0 Å². The third kappa shape index (κ3) is 4.37. The van der Waals surface area contributed by atoms with Gasteiger partial charge in [0.05, 0.1) is 5.69 Å². The minimum atomic E-state index is -0.0781. The number of hydrogen-bond donors (Lipinski definition) is 0. The lowest BCUT2D eigenvalue weighted by atomic mass is 9.76. The van der Waals surface area contributed by atoms with Gasteiger partial charge in [-0.25, -0.2) is 0 Å². The molecule has 1 fully saturated rings. The monoisotopic (exact) mass is 735 g/mol. The van der Waals surface area contributed by atoms with Gasteiger partial charge in [0.25, 0.3) is 0 Å². The molecular formula is C54H41NS. The van der Waals surface area contributed by atoms with Crippen LogP contribution >= 0.6 is 11.3 Å². The number of anilines is 3. The molecule has 0 N–H and O–H groups in total. The molecule has 1 spiro atoms. The smallest absolute Gasteiger partial charge is 0.0554 e. The van der Waals surface area contributed by atoms with E-state index < -0.39 is 0 Å². The van der Waals surface area contributed by atoms with E-state index in [2.05, 4.69) is 183 Å². The van der Waals surface area contributed by atoms with Crippen molar-refractivity contribution in [3.05, 3.63) is 186 Å². The van der Waals surface area contributed by atoms with E-state index in [0.29, 0.717) is 0 Å². The molecule has 0 aliphatic heterocycles. The van der Waals surface area contributed by atoms with Crippen LogP contribution in [0.1, 0.15) is 61.8 Å². The van der Waals surface area contributed by atoms with Gasteiger partial charge in [-0.15, -0.1) is 11.3 Å². The molecular weight excluding hydrogens is 695 g/mol. The zero-order valence-electron chi connectivity index (χ0n) is 31.8. The summed E-state index contributed by atoms with van der Waals surface area (Å²) in [6, 6.07) is 62.2. The Morgan fingerprint density at radius 3 is 2.00 bits per heavy atom. The van der Waals surface area contributed by atoms with Crippen LogP contribution in [-0.4, -0.2) is 0 Å². The van der Waals surface area contributed by atoms with Gasteiger partial charge in [-0.05, 0) is 116 Å². The molecule has 56 heavy (non-hydrogen) atoms. The summed E-state index contributed by atoms with van der Waals surface area (Å²) < 4.78 is 2.68. The van der Waals surface area contributed by atoms with Crippen molar-refractivity contribution in [2.24, 2.45) is 0 Å². The fraction of sp³-hybridized carbons (Fsp3) is 0.148. The first kappa shape index (κ1) is 32.3. The molecule has 3 aliphatic carbocycles. The van der Waals surface area contributed by atoms with E-state index >= 15 is 0 Å². The van der Waals surface area contributed by atoms with Crippen LogP contribution in [0.2, 0.25) is 0 Å². The summed E-state index contributed by atoms with van der Waals surface area (Å²) in [6.07, 6.45) is 4.99. The zero-order valence-corrected chi connectivity index (χ0v) is 32.6. The highest BCUT2D eigenvalue weighted by Gasteiger charge is 2.45. The molecule has 0 radical (unpaired) electrons. The maximum atomic E-state index is 2.56. The van der Waals surface area contributed by atoms with Crippen molar-refractivity contribution in [1.82, 2.24) is 0 Å². The van der Waals surface area contributed by atoms with Crippen LogP contribution in [0.4, 0.5) is 17.1 Å². The summed E-state index contributed by atoms with van der Waals surface area (Å²) in [4.78, 5) is 2.55. The molecule has 0 unspecified atom stereocenters. The second-order valence-corrected chi connectivity index (χ2v) is 17.8. The molecule has 3 aliphatic rings. The van der Waals surface area contributed by atoms with Crippen molar-refractivity contribution in [2.75, 3.05) is 4.90 Å². The summed E-state index contributed by atoms with van der Waals surface area (Å²) in [5.74, 6) is 0. The fourth-order valence-electron chi connectivity index (χ4n) is 11.1. The van der Waals surface area contributed by atoms with Crippen LogP contribution in [0.5, 0.6) is 0 Å². The molecule has 0 amide bonds. The van der Waals surface area contributed by atoms with E-state index in [0.717, 1.165) is 0 Å². The molecule has 268 valence electrons. The number of hydrogen-bond acceptors (Lipinski definition) is 2. The van der Waals surface area contributed by atoms with Gasteiger partial charge in [0.15, 0.2) is 0 Å². The highest BCUT2D eigenvalue weighted by molar-refractivity contribution is 7.26. The summed E-state index contributed by atoms with van der Waals surface area (Å²) in [7, 11) is 0. The number of rotatable bonds is 4. The Morgan fingerprint density at radius 2 is 1.16 bits per heavy atom. The molecule has 1 aromatic heterocycles. The number of thiophene rings is 1. The quantitative estimate of drug-likeness (QED) is 0.174. The molecule has 0 atom stereocenters. The summed E-state index contributed by atoms with van der Waals surface area (Å²) >= 11 is 1.92. The number of nitrogens with zero attached hydrogens (tertiary/aromatic N) is 1. The van der Waals surface area contributed by atoms with Crippen molar-refractivity contribution < 1.29 is 0 Å². The average Bonchev–Trinajstić information content (AvgIpc) is 4.01. The van der Waals surface area contributed by atoms with E-state index in [1.165, 1.54) is 129 Å². The molecule has 2 heteroatoms. The molecule has 9 aromatic rings. The van der Waals surface area contributed by atoms with Crippen molar-refractivity contribution in [3.63, 3.8) is 0 Å². The SMILES string of the molecule is CC1(C)c2ccccc2-c2cccc(-c3ccc(N(c4ccc5c(c4)C4(CCCC4)c4ccccc4-5)c4cccc5sc6c7ccccc7ccc6c45)cc3)c21. The van der Waals surface area contributed by atoms with Crippen molar-refractivity contribution in [3.8, 4) is 33.4 Å². The fourth-order valence-corrected chi connectivity index (χ4v) is 12.4. The first-order valence-electron chi connectivity index (χ1n) is 20.2. The van der Waals surface area contributed by atoms with Gasteiger partial charge >= 0.3 is 0 Å². The standard InChI is InChI=1S/C54H41NS/c1-53(2)45-19-7-5-16-41(45)43-18-11-17-38(51(43)53)35-23-26-36(27-24-35)55(37-28-30-42-40-15-6-8-20-46(40)54(47(42)33-37)31-9-10-32-54)48-21-12-22-49-50(48)44-29-25-34-13-3-4-14-39(34)52(44)56-49/h3-8,11-30,33H,9-10,31-32H2,1-2H3. The molecule has 0 saturated heterocycles. The Morgan fingerprint density at radius 1 is 0.500 bits per heavy atom. The lowest BCUT2D eigenvalue weighted by Crippen LogP contribution is -2.21. The van der Waals surface area contributed by atoms with Crippen LogP contribution in [0, 0.1) is 0 Å². The second kappa shape index (κ2) is 11.8. The third-order valence-electron chi connectivity index (χ3n) is 13.6. The first-order chi connectivity index (χ1) is 27.5. The van der Waals surface area contributed by atoms with Crippen molar-refractivity contribution in [1.29, 1.82) is 0 Å². The topological polar surface area (TPSA) is 3.24 Å². The minimum Gasteiger partial charge on any atom is -0.310 e. The van der Waals surface area contributed by atoms with Gasteiger partial charge in [0.1, 0.15) is 0 Å². The Balaban J connectivity index is 1.07. The summed E-state index contributed by atoms with van der Waals surface area (Å²) in [5, 5.41) is 5.26. The van der Waals surface area contributed by atoms with E-state index in [1.807, 2.05) is 11.3 Å². The van der Waals surface area contributed by atoms with E-state index in [9.17, 15) is 0 Å². The van der Waals surface area contributed by atoms with Crippen molar-refractivity contribution >= 4 is 59.3 Å². The largest absolute Gasteiger partial charge is 0.310 e. The summed E-state index contributed by atoms with van der Waals surface area (Å²) in [6.45, 7) is 4.77. The maximum absolute atomic E-state index is 2.56. The van der Waals surface area contributed by atoms with Crippen LogP contribution in [-0.2, 0) is 10.8 Å². The molecule has 1 nitrogen and oxygen atoms in total. The Labute approximate surface area is 332 Å².